The van der Waals surface area contributed by atoms with E-state index in [2.05, 4.69) is 45.8 Å². The number of carbonyl (C=O) groups is 2. The number of hydrogen-bond acceptors (Lipinski definition) is 3. The molecule has 0 spiro atoms. The summed E-state index contributed by atoms with van der Waals surface area (Å²) in [5.74, 6) is -0.767. The molecule has 1 aliphatic heterocycles. The van der Waals surface area contributed by atoms with Gasteiger partial charge < -0.3 is 4.57 Å². The number of aromatic nitrogens is 1. The molecule has 6 heteroatoms. The van der Waals surface area contributed by atoms with Crippen molar-refractivity contribution in [3.8, 4) is 56.3 Å². The molecule has 0 N–H and O–H groups in total. The van der Waals surface area contributed by atoms with E-state index >= 15 is 4.79 Å². The number of nitriles is 1. The van der Waals surface area contributed by atoms with Crippen molar-refractivity contribution in [1.82, 2.24) is 4.57 Å². The zero-order chi connectivity index (χ0) is 39.3. The predicted molar refractivity (Wildman–Crippen MR) is 231 cm³/mol. The number of nitrogens with zero attached hydrogens (tertiary/aromatic N) is 4. The van der Waals surface area contributed by atoms with Gasteiger partial charge in [0.25, 0.3) is 11.8 Å². The first kappa shape index (κ1) is 34.2. The molecule has 1 aliphatic rings. The van der Waals surface area contributed by atoms with Crippen LogP contribution in [-0.2, 0) is 0 Å². The van der Waals surface area contributed by atoms with Crippen LogP contribution in [0.4, 0.5) is 11.4 Å². The highest BCUT2D eigenvalue weighted by Gasteiger charge is 2.40. The summed E-state index contributed by atoms with van der Waals surface area (Å²) in [5.41, 5.74) is 12.2. The highest BCUT2D eigenvalue weighted by atomic mass is 16.2. The maximum absolute atomic E-state index is 15.1. The molecule has 0 bridgehead atoms. The van der Waals surface area contributed by atoms with Gasteiger partial charge in [0.2, 0.25) is 0 Å². The summed E-state index contributed by atoms with van der Waals surface area (Å²) >= 11 is 0. The largest absolute Gasteiger partial charge is 0.308 e. The fraction of sp³-hybridized carbons (Fsp3) is 0. The number of imide groups is 1. The zero-order valence-electron chi connectivity index (χ0n) is 30.9. The van der Waals surface area contributed by atoms with Crippen molar-refractivity contribution < 1.29 is 9.59 Å². The molecular formula is C52H30N4O2. The summed E-state index contributed by atoms with van der Waals surface area (Å²) in [5, 5.41) is 11.3. The molecule has 58 heavy (non-hydrogen) atoms. The summed E-state index contributed by atoms with van der Waals surface area (Å²) in [6, 6.07) is 61.0. The number of fused-ring (bicyclic) bond motifs is 4. The topological polar surface area (TPSA) is 70.5 Å². The van der Waals surface area contributed by atoms with Crippen molar-refractivity contribution in [2.75, 3.05) is 4.90 Å². The summed E-state index contributed by atoms with van der Waals surface area (Å²) < 4.78 is 2.09. The minimum absolute atomic E-state index is 0.338. The first-order valence-corrected chi connectivity index (χ1v) is 18.8. The Labute approximate surface area is 334 Å². The zero-order valence-corrected chi connectivity index (χ0v) is 30.9. The molecule has 2 amide bonds. The second-order valence-electron chi connectivity index (χ2n) is 14.3. The lowest BCUT2D eigenvalue weighted by Crippen LogP contribution is -2.30. The van der Waals surface area contributed by atoms with Crippen LogP contribution in [0.5, 0.6) is 0 Å². The molecule has 10 rings (SSSR count). The number of benzene rings is 8. The van der Waals surface area contributed by atoms with Crippen molar-refractivity contribution in [3.63, 3.8) is 0 Å². The van der Waals surface area contributed by atoms with E-state index < -0.39 is 5.91 Å². The van der Waals surface area contributed by atoms with Crippen LogP contribution in [0.1, 0.15) is 26.3 Å². The van der Waals surface area contributed by atoms with Crippen LogP contribution in [0.3, 0.4) is 0 Å². The number of carbonyl (C=O) groups excluding carboxylic acids is 2. The molecule has 0 atom stereocenters. The summed E-state index contributed by atoms with van der Waals surface area (Å²) in [6.45, 7) is 7.41. The number of anilines is 1. The molecular weight excluding hydrogens is 713 g/mol. The normalized spacial score (nSPS) is 12.1. The van der Waals surface area contributed by atoms with Crippen LogP contribution >= 0.6 is 0 Å². The second kappa shape index (κ2) is 13.8. The molecule has 9 aromatic rings. The van der Waals surface area contributed by atoms with Gasteiger partial charge in [-0.3, -0.25) is 9.59 Å². The average Bonchev–Trinajstić information content (AvgIpc) is 3.75. The van der Waals surface area contributed by atoms with E-state index in [1.165, 1.54) is 4.90 Å². The van der Waals surface area contributed by atoms with E-state index in [1.54, 1.807) is 6.07 Å². The minimum Gasteiger partial charge on any atom is -0.308 e. The van der Waals surface area contributed by atoms with Crippen molar-refractivity contribution in [2.24, 2.45) is 0 Å². The van der Waals surface area contributed by atoms with Gasteiger partial charge in [0.1, 0.15) is 0 Å². The Morgan fingerprint density at radius 3 is 1.60 bits per heavy atom. The van der Waals surface area contributed by atoms with Gasteiger partial charge in [0.05, 0.1) is 51.7 Å². The monoisotopic (exact) mass is 742 g/mol. The van der Waals surface area contributed by atoms with Gasteiger partial charge in [-0.05, 0) is 93.5 Å². The van der Waals surface area contributed by atoms with Gasteiger partial charge in [-0.25, -0.2) is 9.74 Å². The first-order valence-electron chi connectivity index (χ1n) is 18.8. The molecule has 1 aromatic heterocycles. The Hall–Kier alpha value is -8.32. The lowest BCUT2D eigenvalue weighted by Gasteiger charge is -2.20. The maximum atomic E-state index is 15.1. The van der Waals surface area contributed by atoms with E-state index in [0.717, 1.165) is 66.3 Å². The summed E-state index contributed by atoms with van der Waals surface area (Å²) in [4.78, 5) is 34.6. The smallest absolute Gasteiger partial charge is 0.268 e. The molecule has 270 valence electrons. The summed E-state index contributed by atoms with van der Waals surface area (Å²) in [6.07, 6.45) is 0. The maximum Gasteiger partial charge on any atom is 0.268 e. The summed E-state index contributed by atoms with van der Waals surface area (Å²) in [7, 11) is 0. The van der Waals surface area contributed by atoms with E-state index in [-0.39, 0.29) is 5.91 Å². The van der Waals surface area contributed by atoms with Gasteiger partial charge in [-0.2, -0.15) is 5.26 Å². The fourth-order valence-corrected chi connectivity index (χ4v) is 8.17. The van der Waals surface area contributed by atoms with Crippen LogP contribution < -0.4 is 4.90 Å². The van der Waals surface area contributed by atoms with E-state index in [1.807, 2.05) is 146 Å². The predicted octanol–water partition coefficient (Wildman–Crippen LogP) is 12.7. The molecule has 0 unspecified atom stereocenters. The Balaban J connectivity index is 1.17. The van der Waals surface area contributed by atoms with Gasteiger partial charge in [0, 0.05) is 16.3 Å². The fourth-order valence-electron chi connectivity index (χ4n) is 8.17. The molecule has 0 radical (unpaired) electrons. The lowest BCUT2D eigenvalue weighted by molar-refractivity contribution is 0.0926. The first-order chi connectivity index (χ1) is 28.5. The molecule has 0 fully saturated rings. The van der Waals surface area contributed by atoms with Crippen LogP contribution in [0.2, 0.25) is 0 Å². The quantitative estimate of drug-likeness (QED) is 0.126. The van der Waals surface area contributed by atoms with Crippen molar-refractivity contribution in [2.45, 2.75) is 0 Å². The lowest BCUT2D eigenvalue weighted by atomic mass is 9.97. The van der Waals surface area contributed by atoms with E-state index in [4.69, 9.17) is 6.57 Å². The highest BCUT2D eigenvalue weighted by Crippen LogP contribution is 2.43. The van der Waals surface area contributed by atoms with Gasteiger partial charge in [-0.15, -0.1) is 0 Å². The number of hydrogen-bond donors (Lipinski definition) is 0. The van der Waals surface area contributed by atoms with E-state index in [0.29, 0.717) is 33.8 Å². The average molecular weight is 743 g/mol. The Kier molecular flexibility index (Phi) is 8.11. The van der Waals surface area contributed by atoms with Crippen LogP contribution in [0.15, 0.2) is 182 Å². The molecule has 2 heterocycles. The standard InChI is InChI=1S/C52H30N4O2/c1-54-41-24-19-36(20-25-41)39-23-28-47-45(30-39)44-29-38(35-17-15-33(32-53)16-18-35)22-27-46(44)55(47)48-14-8-13-43-50(48)52(58)56(51(43)57)49-31-40(34-9-4-2-5-10-34)21-26-42(49)37-11-6-3-7-12-37/h2-31H. The minimum atomic E-state index is -0.390. The van der Waals surface area contributed by atoms with Crippen molar-refractivity contribution >= 4 is 45.0 Å². The third-order valence-electron chi connectivity index (χ3n) is 11.0. The van der Waals surface area contributed by atoms with Crippen LogP contribution in [-0.4, -0.2) is 16.4 Å². The highest BCUT2D eigenvalue weighted by molar-refractivity contribution is 6.36. The number of rotatable bonds is 6. The Bertz CT molecular complexity index is 3090. The van der Waals surface area contributed by atoms with Gasteiger partial charge >= 0.3 is 0 Å². The third kappa shape index (κ3) is 5.56. The Morgan fingerprint density at radius 1 is 0.466 bits per heavy atom. The molecule has 8 aromatic carbocycles. The molecule has 6 nitrogen and oxygen atoms in total. The second-order valence-corrected chi connectivity index (χ2v) is 14.3. The van der Waals surface area contributed by atoms with Crippen molar-refractivity contribution in [1.29, 1.82) is 5.26 Å². The van der Waals surface area contributed by atoms with Gasteiger partial charge in [-0.1, -0.05) is 127 Å². The molecule has 0 aliphatic carbocycles. The van der Waals surface area contributed by atoms with Crippen LogP contribution in [0, 0.1) is 17.9 Å². The molecule has 0 saturated heterocycles. The van der Waals surface area contributed by atoms with Crippen LogP contribution in [0.25, 0.3) is 76.8 Å². The third-order valence-corrected chi connectivity index (χ3v) is 11.0. The Morgan fingerprint density at radius 2 is 1.00 bits per heavy atom. The molecule has 0 saturated carbocycles. The SMILES string of the molecule is [C-]#[N+]c1ccc(-c2ccc3c(c2)c2cc(-c4ccc(C#N)cc4)ccc2n3-c2cccc3c2C(=O)N(c2cc(-c4ccccc4)ccc2-c2ccccc2)C3=O)cc1. The van der Waals surface area contributed by atoms with E-state index in [9.17, 15) is 10.1 Å². The van der Waals surface area contributed by atoms with Crippen molar-refractivity contribution in [3.05, 3.63) is 210 Å². The van der Waals surface area contributed by atoms with Gasteiger partial charge in [0.15, 0.2) is 5.69 Å². The number of amides is 2.